The Bertz CT molecular complexity index is 691. The molecule has 5 heteroatoms. The highest BCUT2D eigenvalue weighted by Crippen LogP contribution is 2.36. The van der Waals surface area contributed by atoms with Gasteiger partial charge in [-0.05, 0) is 40.9 Å². The minimum absolute atomic E-state index is 0.100. The van der Waals surface area contributed by atoms with Crippen molar-refractivity contribution in [3.05, 3.63) is 49.3 Å². The van der Waals surface area contributed by atoms with Gasteiger partial charge in [-0.2, -0.15) is 0 Å². The Morgan fingerprint density at radius 3 is 2.65 bits per heavy atom. The second-order valence-electron chi connectivity index (χ2n) is 5.11. The zero-order valence-corrected chi connectivity index (χ0v) is 14.0. The molecule has 0 radical (unpaired) electrons. The number of benzene rings is 1. The van der Waals surface area contributed by atoms with E-state index in [0.29, 0.717) is 16.2 Å². The number of aromatic amines is 1. The molecule has 1 aliphatic rings. The van der Waals surface area contributed by atoms with Crippen LogP contribution in [-0.2, 0) is 0 Å². The Balaban J connectivity index is 2.11. The Labute approximate surface area is 134 Å². The fourth-order valence-electron chi connectivity index (χ4n) is 2.72. The molecular weight excluding hydrogens is 384 g/mol. The molecule has 0 amide bonds. The summed E-state index contributed by atoms with van der Waals surface area (Å²) in [6, 6.07) is 7.81. The molecule has 1 heterocycles. The normalized spacial score (nSPS) is 15.7. The molecule has 1 aromatic heterocycles. The van der Waals surface area contributed by atoms with E-state index < -0.39 is 0 Å². The van der Waals surface area contributed by atoms with E-state index in [1.165, 1.54) is 12.8 Å². The lowest BCUT2D eigenvalue weighted by Gasteiger charge is -2.12. The minimum Gasteiger partial charge on any atom is -0.306 e. The second kappa shape index (κ2) is 5.82. The molecule has 0 atom stereocenters. The van der Waals surface area contributed by atoms with Crippen molar-refractivity contribution in [3.63, 3.8) is 0 Å². The molecule has 104 valence electrons. The van der Waals surface area contributed by atoms with E-state index in [1.807, 2.05) is 24.3 Å². The van der Waals surface area contributed by atoms with Crippen molar-refractivity contribution >= 4 is 31.9 Å². The number of nitrogens with zero attached hydrogens (tertiary/aromatic N) is 1. The molecule has 0 unspecified atom stereocenters. The summed E-state index contributed by atoms with van der Waals surface area (Å²) in [6.07, 6.45) is 4.68. The van der Waals surface area contributed by atoms with Crippen LogP contribution in [0.2, 0.25) is 0 Å². The van der Waals surface area contributed by atoms with Crippen molar-refractivity contribution < 1.29 is 0 Å². The summed E-state index contributed by atoms with van der Waals surface area (Å²) in [4.78, 5) is 19.7. The van der Waals surface area contributed by atoms with Gasteiger partial charge in [-0.3, -0.25) is 4.79 Å². The number of H-pyrrole nitrogens is 1. The highest BCUT2D eigenvalue weighted by Gasteiger charge is 2.23. The first kappa shape index (κ1) is 14.0. The van der Waals surface area contributed by atoms with Crippen molar-refractivity contribution in [3.8, 4) is 11.4 Å². The molecule has 0 saturated heterocycles. The maximum atomic E-state index is 12.1. The van der Waals surface area contributed by atoms with Crippen LogP contribution >= 0.6 is 31.9 Å². The lowest BCUT2D eigenvalue weighted by molar-refractivity contribution is 0.688. The van der Waals surface area contributed by atoms with Gasteiger partial charge in [-0.15, -0.1) is 0 Å². The van der Waals surface area contributed by atoms with E-state index in [0.717, 1.165) is 28.6 Å². The first-order chi connectivity index (χ1) is 9.65. The quantitative estimate of drug-likeness (QED) is 0.803. The summed E-state index contributed by atoms with van der Waals surface area (Å²) in [6.45, 7) is 0. The third-order valence-corrected chi connectivity index (χ3v) is 4.99. The summed E-state index contributed by atoms with van der Waals surface area (Å²) in [5, 5.41) is 0. The van der Waals surface area contributed by atoms with Crippen LogP contribution in [0, 0.1) is 0 Å². The first-order valence-electron chi connectivity index (χ1n) is 6.71. The highest BCUT2D eigenvalue weighted by atomic mass is 79.9. The fraction of sp³-hybridized carbons (Fsp3) is 0.333. The molecule has 1 aliphatic carbocycles. The Morgan fingerprint density at radius 2 is 1.95 bits per heavy atom. The van der Waals surface area contributed by atoms with Crippen LogP contribution < -0.4 is 5.56 Å². The number of nitrogens with one attached hydrogen (secondary N) is 1. The van der Waals surface area contributed by atoms with E-state index >= 15 is 0 Å². The molecule has 1 saturated carbocycles. The van der Waals surface area contributed by atoms with Gasteiger partial charge in [0.05, 0.1) is 5.69 Å². The van der Waals surface area contributed by atoms with Gasteiger partial charge < -0.3 is 4.98 Å². The van der Waals surface area contributed by atoms with Crippen molar-refractivity contribution in [1.82, 2.24) is 9.97 Å². The predicted molar refractivity (Wildman–Crippen MR) is 86.9 cm³/mol. The topological polar surface area (TPSA) is 45.8 Å². The van der Waals surface area contributed by atoms with E-state index in [-0.39, 0.29) is 5.56 Å². The van der Waals surface area contributed by atoms with E-state index in [1.54, 1.807) is 0 Å². The molecule has 1 fully saturated rings. The minimum atomic E-state index is -0.100. The van der Waals surface area contributed by atoms with Crippen LogP contribution in [0.4, 0.5) is 0 Å². The van der Waals surface area contributed by atoms with E-state index in [4.69, 9.17) is 4.98 Å². The molecular formula is C15H14Br2N2O. The maximum absolute atomic E-state index is 12.1. The molecule has 3 rings (SSSR count). The van der Waals surface area contributed by atoms with Crippen LogP contribution in [0.1, 0.15) is 37.3 Å². The standard InChI is InChI=1S/C15H14Br2N2O/c16-11-7-3-6-10(8-11)14-18-13(9-4-1-2-5-9)12(17)15(20)19-14/h3,6-9H,1-2,4-5H2,(H,18,19,20). The van der Waals surface area contributed by atoms with Crippen LogP contribution in [0.3, 0.4) is 0 Å². The smallest absolute Gasteiger partial charge is 0.265 e. The van der Waals surface area contributed by atoms with Crippen molar-refractivity contribution in [2.24, 2.45) is 0 Å². The number of halogens is 2. The maximum Gasteiger partial charge on any atom is 0.265 e. The summed E-state index contributed by atoms with van der Waals surface area (Å²) < 4.78 is 1.56. The summed E-state index contributed by atoms with van der Waals surface area (Å²) in [7, 11) is 0. The number of hydrogen-bond donors (Lipinski definition) is 1. The third-order valence-electron chi connectivity index (χ3n) is 3.73. The van der Waals surface area contributed by atoms with E-state index in [9.17, 15) is 4.79 Å². The van der Waals surface area contributed by atoms with Gasteiger partial charge in [0.15, 0.2) is 0 Å². The van der Waals surface area contributed by atoms with Gasteiger partial charge in [0.1, 0.15) is 10.3 Å². The number of rotatable bonds is 2. The molecule has 0 aliphatic heterocycles. The average Bonchev–Trinajstić information content (AvgIpc) is 2.95. The van der Waals surface area contributed by atoms with Gasteiger partial charge in [-0.25, -0.2) is 4.98 Å². The summed E-state index contributed by atoms with van der Waals surface area (Å²) in [5.74, 6) is 1.04. The number of aromatic nitrogens is 2. The van der Waals surface area contributed by atoms with Crippen LogP contribution in [-0.4, -0.2) is 9.97 Å². The SMILES string of the molecule is O=c1[nH]c(-c2cccc(Br)c2)nc(C2CCCC2)c1Br. The van der Waals surface area contributed by atoms with Crippen LogP contribution in [0.15, 0.2) is 38.0 Å². The lowest BCUT2D eigenvalue weighted by atomic mass is 10.0. The monoisotopic (exact) mass is 396 g/mol. The molecule has 1 aromatic carbocycles. The fourth-order valence-corrected chi connectivity index (χ4v) is 3.63. The Morgan fingerprint density at radius 1 is 1.20 bits per heavy atom. The van der Waals surface area contributed by atoms with Crippen molar-refractivity contribution in [2.45, 2.75) is 31.6 Å². The van der Waals surface area contributed by atoms with Gasteiger partial charge in [0.25, 0.3) is 5.56 Å². The Hall–Kier alpha value is -0.940. The van der Waals surface area contributed by atoms with Gasteiger partial charge in [0.2, 0.25) is 0 Å². The average molecular weight is 398 g/mol. The highest BCUT2D eigenvalue weighted by molar-refractivity contribution is 9.10. The van der Waals surface area contributed by atoms with Crippen LogP contribution in [0.25, 0.3) is 11.4 Å². The molecule has 3 nitrogen and oxygen atoms in total. The molecule has 0 spiro atoms. The first-order valence-corrected chi connectivity index (χ1v) is 8.29. The predicted octanol–water partition coefficient (Wildman–Crippen LogP) is 4.62. The second-order valence-corrected chi connectivity index (χ2v) is 6.81. The van der Waals surface area contributed by atoms with Crippen molar-refractivity contribution in [1.29, 1.82) is 0 Å². The lowest BCUT2D eigenvalue weighted by Crippen LogP contribution is -2.15. The Kier molecular flexibility index (Phi) is 4.08. The largest absolute Gasteiger partial charge is 0.306 e. The molecule has 20 heavy (non-hydrogen) atoms. The van der Waals surface area contributed by atoms with Crippen LogP contribution in [0.5, 0.6) is 0 Å². The van der Waals surface area contributed by atoms with Gasteiger partial charge in [-0.1, -0.05) is 40.9 Å². The van der Waals surface area contributed by atoms with Gasteiger partial charge in [0, 0.05) is 16.0 Å². The molecule has 1 N–H and O–H groups in total. The molecule has 0 bridgehead atoms. The third kappa shape index (κ3) is 2.74. The number of hydrogen-bond acceptors (Lipinski definition) is 2. The zero-order valence-electron chi connectivity index (χ0n) is 10.8. The zero-order chi connectivity index (χ0) is 14.1. The summed E-state index contributed by atoms with van der Waals surface area (Å²) >= 11 is 6.84. The van der Waals surface area contributed by atoms with Crippen molar-refractivity contribution in [2.75, 3.05) is 0 Å². The van der Waals surface area contributed by atoms with E-state index in [2.05, 4.69) is 36.8 Å². The summed E-state index contributed by atoms with van der Waals surface area (Å²) in [5.41, 5.74) is 1.72. The van der Waals surface area contributed by atoms with Gasteiger partial charge >= 0.3 is 0 Å². The molecule has 2 aromatic rings.